The van der Waals surface area contributed by atoms with Crippen molar-refractivity contribution in [3.63, 3.8) is 0 Å². The molecule has 0 fully saturated rings. The van der Waals surface area contributed by atoms with E-state index in [-0.39, 0.29) is 34.8 Å². The molecular formula is C28H34ClN5O2S. The second-order valence-electron chi connectivity index (χ2n) is 11.2. The predicted molar refractivity (Wildman–Crippen MR) is 150 cm³/mol. The van der Waals surface area contributed by atoms with E-state index in [0.717, 1.165) is 22.4 Å². The number of halogens is 1. The van der Waals surface area contributed by atoms with Gasteiger partial charge < -0.3 is 5.32 Å². The first-order valence-electron chi connectivity index (χ1n) is 12.3. The zero-order chi connectivity index (χ0) is 27.0. The SMILES string of the molecule is CC(C)(C)c1nn(C(C)(C)C)c2c1C(c1ccccc1Cl)SCC(=O)N2CC(=O)NCc1cccnc1. The van der Waals surface area contributed by atoms with Gasteiger partial charge in [0.05, 0.1) is 22.2 Å². The topological polar surface area (TPSA) is 80.1 Å². The van der Waals surface area contributed by atoms with Crippen LogP contribution in [-0.4, -0.2) is 38.9 Å². The van der Waals surface area contributed by atoms with Crippen LogP contribution in [0.3, 0.4) is 0 Å². The Bertz CT molecular complexity index is 1290. The van der Waals surface area contributed by atoms with Gasteiger partial charge in [-0.2, -0.15) is 5.10 Å². The normalized spacial score (nSPS) is 16.4. The molecule has 7 nitrogen and oxygen atoms in total. The summed E-state index contributed by atoms with van der Waals surface area (Å²) < 4.78 is 1.91. The van der Waals surface area contributed by atoms with Gasteiger partial charge in [0.1, 0.15) is 12.4 Å². The molecule has 0 spiro atoms. The highest BCUT2D eigenvalue weighted by Crippen LogP contribution is 2.50. The minimum absolute atomic E-state index is 0.104. The number of benzene rings is 1. The van der Waals surface area contributed by atoms with E-state index in [1.807, 2.05) is 41.1 Å². The van der Waals surface area contributed by atoms with E-state index in [0.29, 0.717) is 17.4 Å². The number of pyridine rings is 1. The molecule has 3 heterocycles. The predicted octanol–water partition coefficient (Wildman–Crippen LogP) is 5.47. The summed E-state index contributed by atoms with van der Waals surface area (Å²) in [6.07, 6.45) is 3.40. The summed E-state index contributed by atoms with van der Waals surface area (Å²) in [4.78, 5) is 32.5. The molecule has 4 rings (SSSR count). The van der Waals surface area contributed by atoms with Crippen molar-refractivity contribution in [3.8, 4) is 0 Å². The van der Waals surface area contributed by atoms with Crippen molar-refractivity contribution >= 4 is 41.0 Å². The number of hydrogen-bond acceptors (Lipinski definition) is 5. The summed E-state index contributed by atoms with van der Waals surface area (Å²) in [6, 6.07) is 11.5. The third-order valence-corrected chi connectivity index (χ3v) is 7.72. The van der Waals surface area contributed by atoms with Gasteiger partial charge in [-0.25, -0.2) is 4.68 Å². The average Bonchev–Trinajstić information content (AvgIpc) is 3.19. The molecule has 1 unspecified atom stereocenters. The standard InChI is InChI=1S/C28H34ClN5O2S/c1-27(2,3)25-23-24(19-11-7-8-12-20(19)29)37-17-22(36)33(26(23)34(32-25)28(4,5)6)16-21(35)31-15-18-10-9-13-30-14-18/h7-14,24H,15-17H2,1-6H3,(H,31,35). The van der Waals surface area contributed by atoms with Gasteiger partial charge in [0.2, 0.25) is 11.8 Å². The van der Waals surface area contributed by atoms with E-state index in [1.165, 1.54) is 11.8 Å². The summed E-state index contributed by atoms with van der Waals surface area (Å²) >= 11 is 8.22. The second-order valence-corrected chi connectivity index (χ2v) is 12.7. The van der Waals surface area contributed by atoms with Gasteiger partial charge in [0, 0.05) is 34.9 Å². The van der Waals surface area contributed by atoms with Crippen molar-refractivity contribution in [2.75, 3.05) is 17.2 Å². The number of nitrogens with zero attached hydrogens (tertiary/aromatic N) is 4. The van der Waals surface area contributed by atoms with Crippen LogP contribution in [0.2, 0.25) is 5.02 Å². The number of thioether (sulfide) groups is 1. The van der Waals surface area contributed by atoms with E-state index in [2.05, 4.69) is 51.8 Å². The van der Waals surface area contributed by atoms with Gasteiger partial charge >= 0.3 is 0 Å². The molecule has 37 heavy (non-hydrogen) atoms. The molecule has 3 aromatic rings. The van der Waals surface area contributed by atoms with E-state index in [1.54, 1.807) is 17.3 Å². The van der Waals surface area contributed by atoms with Crippen LogP contribution < -0.4 is 10.2 Å². The maximum Gasteiger partial charge on any atom is 0.240 e. The average molecular weight is 540 g/mol. The highest BCUT2D eigenvalue weighted by atomic mass is 35.5. The van der Waals surface area contributed by atoms with Crippen LogP contribution in [0, 0.1) is 0 Å². The van der Waals surface area contributed by atoms with Gasteiger partial charge in [-0.3, -0.25) is 19.5 Å². The molecule has 0 bridgehead atoms. The highest BCUT2D eigenvalue weighted by Gasteiger charge is 2.41. The number of anilines is 1. The molecule has 0 aliphatic carbocycles. The number of carbonyl (C=O) groups is 2. The summed E-state index contributed by atoms with van der Waals surface area (Å²) in [5.74, 6) is 0.495. The monoisotopic (exact) mass is 539 g/mol. The third-order valence-electron chi connectivity index (χ3n) is 6.14. The Kier molecular flexibility index (Phi) is 7.72. The molecule has 1 aliphatic rings. The van der Waals surface area contributed by atoms with Gasteiger partial charge in [-0.05, 0) is 44.0 Å². The van der Waals surface area contributed by atoms with Crippen LogP contribution in [0.25, 0.3) is 0 Å². The Morgan fingerprint density at radius 3 is 2.49 bits per heavy atom. The molecule has 1 N–H and O–H groups in total. The lowest BCUT2D eigenvalue weighted by atomic mass is 9.87. The third kappa shape index (κ3) is 5.85. The smallest absolute Gasteiger partial charge is 0.240 e. The van der Waals surface area contributed by atoms with E-state index in [4.69, 9.17) is 16.7 Å². The Morgan fingerprint density at radius 1 is 1.14 bits per heavy atom. The fourth-order valence-electron chi connectivity index (χ4n) is 4.38. The lowest BCUT2D eigenvalue weighted by Crippen LogP contribution is -2.43. The maximum atomic E-state index is 13.6. The van der Waals surface area contributed by atoms with Crippen LogP contribution in [0.5, 0.6) is 0 Å². The lowest BCUT2D eigenvalue weighted by Gasteiger charge is -2.29. The molecule has 0 saturated carbocycles. The minimum atomic E-state index is -0.432. The summed E-state index contributed by atoms with van der Waals surface area (Å²) in [7, 11) is 0. The molecule has 0 radical (unpaired) electrons. The summed E-state index contributed by atoms with van der Waals surface area (Å²) in [5, 5.41) is 8.46. The fourth-order valence-corrected chi connectivity index (χ4v) is 5.92. The first-order valence-corrected chi connectivity index (χ1v) is 13.8. The molecule has 0 saturated heterocycles. The number of fused-ring (bicyclic) bond motifs is 1. The van der Waals surface area contributed by atoms with Crippen LogP contribution in [0.4, 0.5) is 5.82 Å². The molecule has 2 aromatic heterocycles. The maximum absolute atomic E-state index is 13.6. The molecule has 9 heteroatoms. The number of carbonyl (C=O) groups excluding carboxylic acids is 2. The Morgan fingerprint density at radius 2 is 1.86 bits per heavy atom. The summed E-state index contributed by atoms with van der Waals surface area (Å²) in [6.45, 7) is 12.8. The van der Waals surface area contributed by atoms with Crippen molar-refractivity contribution in [1.29, 1.82) is 0 Å². The van der Waals surface area contributed by atoms with Crippen molar-refractivity contribution in [2.24, 2.45) is 0 Å². The Balaban J connectivity index is 1.84. The number of rotatable bonds is 5. The largest absolute Gasteiger partial charge is 0.350 e. The lowest BCUT2D eigenvalue weighted by molar-refractivity contribution is -0.123. The van der Waals surface area contributed by atoms with Gasteiger partial charge in [0.15, 0.2) is 0 Å². The first kappa shape index (κ1) is 27.2. The molecule has 196 valence electrons. The number of hydrogen-bond donors (Lipinski definition) is 1. The highest BCUT2D eigenvalue weighted by molar-refractivity contribution is 8.00. The second kappa shape index (κ2) is 10.5. The van der Waals surface area contributed by atoms with E-state index in [9.17, 15) is 9.59 Å². The fraction of sp³-hybridized carbons (Fsp3) is 0.429. The molecular weight excluding hydrogens is 506 g/mol. The number of aromatic nitrogens is 3. The van der Waals surface area contributed by atoms with Gasteiger partial charge in [-0.1, -0.05) is 56.6 Å². The molecule has 1 aromatic carbocycles. The zero-order valence-corrected chi connectivity index (χ0v) is 23.8. The van der Waals surface area contributed by atoms with Crippen LogP contribution in [0.1, 0.15) is 69.2 Å². The van der Waals surface area contributed by atoms with Crippen molar-refractivity contribution < 1.29 is 9.59 Å². The minimum Gasteiger partial charge on any atom is -0.350 e. The van der Waals surface area contributed by atoms with Crippen LogP contribution in [-0.2, 0) is 27.1 Å². The van der Waals surface area contributed by atoms with Gasteiger partial charge in [-0.15, -0.1) is 11.8 Å². The molecule has 2 amide bonds. The number of amides is 2. The quantitative estimate of drug-likeness (QED) is 0.465. The summed E-state index contributed by atoms with van der Waals surface area (Å²) in [5.41, 5.74) is 2.92. The van der Waals surface area contributed by atoms with E-state index >= 15 is 0 Å². The van der Waals surface area contributed by atoms with Gasteiger partial charge in [0.25, 0.3) is 0 Å². The van der Waals surface area contributed by atoms with Crippen LogP contribution in [0.15, 0.2) is 48.8 Å². The molecule has 1 atom stereocenters. The Hall–Kier alpha value is -2.84. The number of nitrogens with one attached hydrogen (secondary N) is 1. The van der Waals surface area contributed by atoms with Crippen molar-refractivity contribution in [3.05, 3.63) is 76.2 Å². The van der Waals surface area contributed by atoms with Crippen molar-refractivity contribution in [2.45, 2.75) is 64.3 Å². The Labute approximate surface area is 228 Å². The van der Waals surface area contributed by atoms with Crippen molar-refractivity contribution in [1.82, 2.24) is 20.1 Å². The first-order chi connectivity index (χ1) is 17.4. The zero-order valence-electron chi connectivity index (χ0n) is 22.2. The van der Waals surface area contributed by atoms with E-state index < -0.39 is 5.54 Å². The van der Waals surface area contributed by atoms with Crippen LogP contribution >= 0.6 is 23.4 Å². The molecule has 1 aliphatic heterocycles.